The lowest BCUT2D eigenvalue weighted by Crippen LogP contribution is -2.36. The van der Waals surface area contributed by atoms with E-state index in [0.717, 1.165) is 6.07 Å². The number of carbonyl (C=O) groups excluding carboxylic acids is 1. The van der Waals surface area contributed by atoms with Crippen LogP contribution in [0.15, 0.2) is 47.1 Å². The summed E-state index contributed by atoms with van der Waals surface area (Å²) < 4.78 is 32.7. The van der Waals surface area contributed by atoms with Gasteiger partial charge in [-0.3, -0.25) is 4.79 Å². The van der Waals surface area contributed by atoms with Crippen LogP contribution in [0.3, 0.4) is 0 Å². The van der Waals surface area contributed by atoms with Crippen molar-refractivity contribution in [1.82, 2.24) is 9.80 Å². The van der Waals surface area contributed by atoms with Crippen molar-refractivity contribution in [2.75, 3.05) is 27.2 Å². The van der Waals surface area contributed by atoms with Crippen LogP contribution in [0, 0.1) is 11.6 Å². The summed E-state index contributed by atoms with van der Waals surface area (Å²) in [5, 5.41) is 1.09. The Labute approximate surface area is 160 Å². The zero-order chi connectivity index (χ0) is 19.6. The molecule has 0 aliphatic carbocycles. The molecule has 3 rings (SSSR count). The Morgan fingerprint density at radius 2 is 1.89 bits per heavy atom. The Morgan fingerprint density at radius 3 is 2.59 bits per heavy atom. The molecule has 0 aliphatic rings. The largest absolute Gasteiger partial charge is 0.463 e. The van der Waals surface area contributed by atoms with Gasteiger partial charge < -0.3 is 14.2 Å². The summed E-state index contributed by atoms with van der Waals surface area (Å²) in [5.74, 6) is -1.64. The molecule has 7 heteroatoms. The number of amides is 1. The second-order valence-electron chi connectivity index (χ2n) is 6.56. The lowest BCUT2D eigenvalue weighted by molar-refractivity contribution is 0.0731. The Hall–Kier alpha value is -2.44. The fourth-order valence-corrected chi connectivity index (χ4v) is 2.94. The SMILES string of the molecule is CN(C)CCN(Cc1ccc(F)cc1F)C(=O)c1coc2ccc(Cl)cc12. The maximum absolute atomic E-state index is 14.1. The fraction of sp³-hybridized carbons (Fsp3) is 0.250. The van der Waals surface area contributed by atoms with Gasteiger partial charge in [0.2, 0.25) is 0 Å². The molecular formula is C20H19ClF2N2O2. The second-order valence-corrected chi connectivity index (χ2v) is 6.99. The van der Waals surface area contributed by atoms with E-state index in [1.54, 1.807) is 18.2 Å². The molecule has 0 radical (unpaired) electrons. The first-order valence-electron chi connectivity index (χ1n) is 8.40. The summed E-state index contributed by atoms with van der Waals surface area (Å²) in [6.07, 6.45) is 1.38. The average molecular weight is 393 g/mol. The molecule has 0 aliphatic heterocycles. The molecule has 0 N–H and O–H groups in total. The highest BCUT2D eigenvalue weighted by molar-refractivity contribution is 6.31. The van der Waals surface area contributed by atoms with Gasteiger partial charge in [0.25, 0.3) is 5.91 Å². The molecule has 3 aromatic rings. The number of fused-ring (bicyclic) bond motifs is 1. The van der Waals surface area contributed by atoms with Gasteiger partial charge in [0, 0.05) is 41.7 Å². The molecule has 142 valence electrons. The molecule has 0 saturated heterocycles. The minimum Gasteiger partial charge on any atom is -0.463 e. The van der Waals surface area contributed by atoms with Crippen LogP contribution in [0.4, 0.5) is 8.78 Å². The summed E-state index contributed by atoms with van der Waals surface area (Å²) in [6.45, 7) is 0.979. The number of benzene rings is 2. The summed E-state index contributed by atoms with van der Waals surface area (Å²) in [7, 11) is 3.77. The van der Waals surface area contributed by atoms with Crippen molar-refractivity contribution < 1.29 is 18.0 Å². The number of furan rings is 1. The van der Waals surface area contributed by atoms with Crippen LogP contribution in [-0.4, -0.2) is 42.9 Å². The van der Waals surface area contributed by atoms with E-state index in [2.05, 4.69) is 0 Å². The van der Waals surface area contributed by atoms with Crippen molar-refractivity contribution >= 4 is 28.5 Å². The normalized spacial score (nSPS) is 11.3. The highest BCUT2D eigenvalue weighted by atomic mass is 35.5. The van der Waals surface area contributed by atoms with Gasteiger partial charge in [0.05, 0.1) is 5.56 Å². The zero-order valence-electron chi connectivity index (χ0n) is 15.0. The Balaban J connectivity index is 1.93. The van der Waals surface area contributed by atoms with E-state index >= 15 is 0 Å². The van der Waals surface area contributed by atoms with E-state index in [1.807, 2.05) is 19.0 Å². The third kappa shape index (κ3) is 4.46. The molecule has 1 aromatic heterocycles. The van der Waals surface area contributed by atoms with Crippen LogP contribution in [-0.2, 0) is 6.54 Å². The van der Waals surface area contributed by atoms with E-state index in [0.29, 0.717) is 34.6 Å². The van der Waals surface area contributed by atoms with Crippen molar-refractivity contribution in [3.63, 3.8) is 0 Å². The fourth-order valence-electron chi connectivity index (χ4n) is 2.77. The number of rotatable bonds is 6. The van der Waals surface area contributed by atoms with Crippen LogP contribution < -0.4 is 0 Å². The lowest BCUT2D eigenvalue weighted by atomic mass is 10.1. The average Bonchev–Trinajstić information content (AvgIpc) is 3.02. The van der Waals surface area contributed by atoms with Gasteiger partial charge in [-0.05, 0) is 38.4 Å². The van der Waals surface area contributed by atoms with Gasteiger partial charge in [0.15, 0.2) is 0 Å². The Morgan fingerprint density at radius 1 is 1.11 bits per heavy atom. The Kier molecular flexibility index (Phi) is 5.77. The van der Waals surface area contributed by atoms with E-state index in [-0.39, 0.29) is 18.0 Å². The summed E-state index contributed by atoms with van der Waals surface area (Å²) in [4.78, 5) is 16.6. The topological polar surface area (TPSA) is 36.7 Å². The maximum Gasteiger partial charge on any atom is 0.258 e. The van der Waals surface area contributed by atoms with Gasteiger partial charge in [-0.15, -0.1) is 0 Å². The van der Waals surface area contributed by atoms with Gasteiger partial charge in [-0.25, -0.2) is 8.78 Å². The smallest absolute Gasteiger partial charge is 0.258 e. The predicted molar refractivity (Wildman–Crippen MR) is 101 cm³/mol. The van der Waals surface area contributed by atoms with Gasteiger partial charge >= 0.3 is 0 Å². The highest BCUT2D eigenvalue weighted by Gasteiger charge is 2.22. The van der Waals surface area contributed by atoms with Crippen molar-refractivity contribution in [1.29, 1.82) is 0 Å². The Bertz CT molecular complexity index is 972. The first kappa shape index (κ1) is 19.3. The molecule has 0 unspecified atom stereocenters. The summed E-state index contributed by atoms with van der Waals surface area (Å²) >= 11 is 6.04. The number of hydrogen-bond acceptors (Lipinski definition) is 3. The molecular weight excluding hydrogens is 374 g/mol. The molecule has 0 saturated carbocycles. The first-order chi connectivity index (χ1) is 12.8. The molecule has 0 atom stereocenters. The third-order valence-electron chi connectivity index (χ3n) is 4.25. The predicted octanol–water partition coefficient (Wildman–Crippen LogP) is 4.57. The van der Waals surface area contributed by atoms with Gasteiger partial charge in [-0.2, -0.15) is 0 Å². The lowest BCUT2D eigenvalue weighted by Gasteiger charge is -2.24. The molecule has 4 nitrogen and oxygen atoms in total. The maximum atomic E-state index is 14.1. The molecule has 0 fully saturated rings. The van der Waals surface area contributed by atoms with E-state index in [9.17, 15) is 13.6 Å². The van der Waals surface area contributed by atoms with Crippen molar-refractivity contribution in [3.8, 4) is 0 Å². The molecule has 0 spiro atoms. The van der Waals surface area contributed by atoms with Crippen molar-refractivity contribution in [3.05, 3.63) is 70.4 Å². The number of halogens is 3. The van der Waals surface area contributed by atoms with Crippen LogP contribution in [0.5, 0.6) is 0 Å². The van der Waals surface area contributed by atoms with Crippen LogP contribution in [0.2, 0.25) is 5.02 Å². The molecule has 1 heterocycles. The summed E-state index contributed by atoms with van der Waals surface area (Å²) in [6, 6.07) is 8.38. The second kappa shape index (κ2) is 8.06. The minimum absolute atomic E-state index is 0.0199. The molecule has 27 heavy (non-hydrogen) atoms. The highest BCUT2D eigenvalue weighted by Crippen LogP contribution is 2.26. The third-order valence-corrected chi connectivity index (χ3v) is 4.48. The van der Waals surface area contributed by atoms with Crippen molar-refractivity contribution in [2.45, 2.75) is 6.54 Å². The van der Waals surface area contributed by atoms with Crippen LogP contribution in [0.1, 0.15) is 15.9 Å². The number of hydrogen-bond donors (Lipinski definition) is 0. The molecule has 2 aromatic carbocycles. The number of nitrogens with zero attached hydrogens (tertiary/aromatic N) is 2. The number of carbonyl (C=O) groups is 1. The monoisotopic (exact) mass is 392 g/mol. The minimum atomic E-state index is -0.683. The summed E-state index contributed by atoms with van der Waals surface area (Å²) in [5.41, 5.74) is 1.14. The molecule has 0 bridgehead atoms. The van der Waals surface area contributed by atoms with Crippen LogP contribution in [0.25, 0.3) is 11.0 Å². The molecule has 1 amide bonds. The van der Waals surface area contributed by atoms with E-state index in [1.165, 1.54) is 23.3 Å². The number of likely N-dealkylation sites (N-methyl/N-ethyl adjacent to an activating group) is 1. The van der Waals surface area contributed by atoms with E-state index < -0.39 is 11.6 Å². The zero-order valence-corrected chi connectivity index (χ0v) is 15.8. The first-order valence-corrected chi connectivity index (χ1v) is 8.77. The van der Waals surface area contributed by atoms with Gasteiger partial charge in [-0.1, -0.05) is 17.7 Å². The standard InChI is InChI=1S/C20H19ClF2N2O2/c1-24(2)7-8-25(11-13-3-5-15(22)10-18(13)23)20(26)17-12-27-19-6-4-14(21)9-16(17)19/h3-6,9-10,12H,7-8,11H2,1-2H3. The van der Waals surface area contributed by atoms with E-state index in [4.69, 9.17) is 16.0 Å². The van der Waals surface area contributed by atoms with Crippen molar-refractivity contribution in [2.24, 2.45) is 0 Å². The van der Waals surface area contributed by atoms with Gasteiger partial charge in [0.1, 0.15) is 23.5 Å². The van der Waals surface area contributed by atoms with Crippen LogP contribution >= 0.6 is 11.6 Å². The quantitative estimate of drug-likeness (QED) is 0.616.